The Morgan fingerprint density at radius 2 is 2.42 bits per heavy atom. The third kappa shape index (κ3) is 1.89. The Bertz CT molecular complexity index is 350. The molecule has 0 fully saturated rings. The van der Waals surface area contributed by atoms with Gasteiger partial charge in [-0.05, 0) is 24.6 Å². The third-order valence-corrected chi connectivity index (χ3v) is 1.34. The van der Waals surface area contributed by atoms with Crippen molar-refractivity contribution in [1.82, 2.24) is 4.98 Å². The van der Waals surface area contributed by atoms with E-state index in [0.29, 0.717) is 5.56 Å². The predicted molar refractivity (Wildman–Crippen MR) is 43.6 cm³/mol. The topological polar surface area (TPSA) is 36.7 Å². The van der Waals surface area contributed by atoms with Crippen LogP contribution in [0, 0.1) is 24.2 Å². The second-order valence-corrected chi connectivity index (χ2v) is 2.36. The number of hydrogen-bond donors (Lipinski definition) is 0. The number of halogens is 1. The molecule has 0 saturated heterocycles. The van der Waals surface area contributed by atoms with Crippen molar-refractivity contribution in [2.45, 2.75) is 6.92 Å². The lowest BCUT2D eigenvalue weighted by Gasteiger charge is -1.95. The lowest BCUT2D eigenvalue weighted by Crippen LogP contribution is -1.88. The average molecular weight is 162 g/mol. The Balaban J connectivity index is 3.07. The summed E-state index contributed by atoms with van der Waals surface area (Å²) in [6.45, 7) is 1.82. The largest absolute Gasteiger partial charge is 0.228 e. The van der Waals surface area contributed by atoms with Crippen LogP contribution in [0.3, 0.4) is 0 Å². The van der Waals surface area contributed by atoms with Crippen LogP contribution in [0.25, 0.3) is 6.08 Å². The maximum Gasteiger partial charge on any atom is 0.220 e. The van der Waals surface area contributed by atoms with E-state index in [4.69, 9.17) is 5.26 Å². The molecule has 12 heavy (non-hydrogen) atoms. The summed E-state index contributed by atoms with van der Waals surface area (Å²) in [5.74, 6) is -0.549. The summed E-state index contributed by atoms with van der Waals surface area (Å²) in [6.07, 6.45) is 4.06. The van der Waals surface area contributed by atoms with Crippen molar-refractivity contribution >= 4 is 6.08 Å². The number of aromatic nitrogens is 1. The van der Waals surface area contributed by atoms with Crippen molar-refractivity contribution in [3.8, 4) is 6.07 Å². The zero-order chi connectivity index (χ0) is 8.97. The molecule has 0 amide bonds. The molecule has 0 unspecified atom stereocenters. The van der Waals surface area contributed by atoms with E-state index >= 15 is 0 Å². The molecular weight excluding hydrogens is 155 g/mol. The van der Waals surface area contributed by atoms with Gasteiger partial charge >= 0.3 is 0 Å². The minimum absolute atomic E-state index is 0.344. The van der Waals surface area contributed by atoms with Crippen molar-refractivity contribution in [3.63, 3.8) is 0 Å². The van der Waals surface area contributed by atoms with Crippen molar-refractivity contribution in [3.05, 3.63) is 35.4 Å². The zero-order valence-electron chi connectivity index (χ0n) is 6.58. The highest BCUT2D eigenvalue weighted by atomic mass is 19.1. The summed E-state index contributed by atoms with van der Waals surface area (Å²) in [6, 6.07) is 3.42. The summed E-state index contributed by atoms with van der Waals surface area (Å²) in [4.78, 5) is 3.50. The molecule has 0 radical (unpaired) electrons. The van der Waals surface area contributed by atoms with Crippen LogP contribution in [-0.4, -0.2) is 4.98 Å². The molecule has 3 heteroatoms. The fraction of sp³-hybridized carbons (Fsp3) is 0.111. The van der Waals surface area contributed by atoms with E-state index < -0.39 is 5.95 Å². The normalized spacial score (nSPS) is 10.1. The molecule has 1 rings (SSSR count). The average Bonchev–Trinajstić information content (AvgIpc) is 2.07. The molecule has 0 saturated carbocycles. The molecule has 60 valence electrons. The van der Waals surface area contributed by atoms with E-state index in [9.17, 15) is 4.39 Å². The standard InChI is InChI=1S/C9H7FN2/c1-7-5-8(3-2-4-11)9(10)12-6-7/h2-3,5-6H,1H3. The van der Waals surface area contributed by atoms with Gasteiger partial charge in [-0.1, -0.05) is 0 Å². The maximum atomic E-state index is 12.8. The van der Waals surface area contributed by atoms with Gasteiger partial charge in [0.1, 0.15) is 0 Å². The molecule has 1 aromatic heterocycles. The van der Waals surface area contributed by atoms with Gasteiger partial charge in [-0.3, -0.25) is 0 Å². The van der Waals surface area contributed by atoms with Crippen molar-refractivity contribution in [2.24, 2.45) is 0 Å². The Hall–Kier alpha value is -1.69. The van der Waals surface area contributed by atoms with E-state index in [1.165, 1.54) is 18.3 Å². The first-order chi connectivity index (χ1) is 5.74. The SMILES string of the molecule is Cc1cnc(F)c(C=CC#N)c1. The third-order valence-electron chi connectivity index (χ3n) is 1.34. The molecule has 0 aliphatic carbocycles. The molecule has 0 aliphatic heterocycles. The minimum Gasteiger partial charge on any atom is -0.228 e. The smallest absolute Gasteiger partial charge is 0.220 e. The Labute approximate surface area is 70.0 Å². The highest BCUT2D eigenvalue weighted by molar-refractivity contribution is 5.51. The monoisotopic (exact) mass is 162 g/mol. The highest BCUT2D eigenvalue weighted by Gasteiger charge is 1.98. The van der Waals surface area contributed by atoms with Gasteiger partial charge in [-0.2, -0.15) is 9.65 Å². The molecule has 1 heterocycles. The van der Waals surface area contributed by atoms with Gasteiger partial charge in [0.25, 0.3) is 0 Å². The van der Waals surface area contributed by atoms with Gasteiger partial charge in [-0.25, -0.2) is 4.98 Å². The summed E-state index contributed by atoms with van der Waals surface area (Å²) >= 11 is 0. The fourth-order valence-electron chi connectivity index (χ4n) is 0.819. The van der Waals surface area contributed by atoms with E-state index in [0.717, 1.165) is 5.56 Å². The number of rotatable bonds is 1. The molecule has 0 aromatic carbocycles. The Morgan fingerprint density at radius 3 is 3.08 bits per heavy atom. The first-order valence-corrected chi connectivity index (χ1v) is 3.42. The summed E-state index contributed by atoms with van der Waals surface area (Å²) in [5.41, 5.74) is 1.21. The van der Waals surface area contributed by atoms with Crippen LogP contribution >= 0.6 is 0 Å². The second kappa shape index (κ2) is 3.63. The number of allylic oxidation sites excluding steroid dienone is 1. The van der Waals surface area contributed by atoms with E-state index in [-0.39, 0.29) is 0 Å². The number of pyridine rings is 1. The van der Waals surface area contributed by atoms with Crippen LogP contribution < -0.4 is 0 Å². The van der Waals surface area contributed by atoms with Crippen LogP contribution in [0.2, 0.25) is 0 Å². The lowest BCUT2D eigenvalue weighted by molar-refractivity contribution is 0.580. The number of nitriles is 1. The van der Waals surface area contributed by atoms with Crippen LogP contribution in [0.4, 0.5) is 4.39 Å². The molecule has 0 aliphatic rings. The molecule has 0 N–H and O–H groups in total. The van der Waals surface area contributed by atoms with Gasteiger partial charge in [-0.15, -0.1) is 0 Å². The number of aryl methyl sites for hydroxylation is 1. The van der Waals surface area contributed by atoms with Crippen LogP contribution in [0.15, 0.2) is 18.3 Å². The fourth-order valence-corrected chi connectivity index (χ4v) is 0.819. The van der Waals surface area contributed by atoms with E-state index in [1.807, 2.05) is 6.92 Å². The highest BCUT2D eigenvalue weighted by Crippen LogP contribution is 2.08. The van der Waals surface area contributed by atoms with E-state index in [2.05, 4.69) is 4.98 Å². The number of hydrogen-bond acceptors (Lipinski definition) is 2. The quantitative estimate of drug-likeness (QED) is 0.468. The first kappa shape index (κ1) is 8.41. The second-order valence-electron chi connectivity index (χ2n) is 2.36. The van der Waals surface area contributed by atoms with Gasteiger partial charge in [0.2, 0.25) is 5.95 Å². The first-order valence-electron chi connectivity index (χ1n) is 3.42. The van der Waals surface area contributed by atoms with Gasteiger partial charge in [0.05, 0.1) is 6.07 Å². The van der Waals surface area contributed by atoms with Crippen molar-refractivity contribution in [1.29, 1.82) is 5.26 Å². The van der Waals surface area contributed by atoms with Crippen LogP contribution in [0.5, 0.6) is 0 Å². The predicted octanol–water partition coefficient (Wildman–Crippen LogP) is 2.07. The molecular formula is C9H7FN2. The maximum absolute atomic E-state index is 12.8. The van der Waals surface area contributed by atoms with Gasteiger partial charge in [0, 0.05) is 17.8 Å². The van der Waals surface area contributed by atoms with Gasteiger partial charge in [0.15, 0.2) is 0 Å². The Morgan fingerprint density at radius 1 is 1.67 bits per heavy atom. The van der Waals surface area contributed by atoms with E-state index in [1.54, 1.807) is 12.1 Å². The summed E-state index contributed by atoms with van der Waals surface area (Å²) < 4.78 is 12.8. The molecule has 0 bridgehead atoms. The molecule has 0 atom stereocenters. The molecule has 1 aromatic rings. The van der Waals surface area contributed by atoms with Crippen molar-refractivity contribution < 1.29 is 4.39 Å². The minimum atomic E-state index is -0.549. The molecule has 2 nitrogen and oxygen atoms in total. The van der Waals surface area contributed by atoms with Gasteiger partial charge < -0.3 is 0 Å². The summed E-state index contributed by atoms with van der Waals surface area (Å²) in [5, 5.41) is 8.21. The van der Waals surface area contributed by atoms with Crippen LogP contribution in [-0.2, 0) is 0 Å². The molecule has 0 spiro atoms. The van der Waals surface area contributed by atoms with Crippen LogP contribution in [0.1, 0.15) is 11.1 Å². The summed E-state index contributed by atoms with van der Waals surface area (Å²) in [7, 11) is 0. The zero-order valence-corrected chi connectivity index (χ0v) is 6.58. The lowest BCUT2D eigenvalue weighted by atomic mass is 10.2. The number of nitrogens with zero attached hydrogens (tertiary/aromatic N) is 2. The van der Waals surface area contributed by atoms with Crippen molar-refractivity contribution in [2.75, 3.05) is 0 Å². The Kier molecular flexibility index (Phi) is 2.54.